The molecule has 0 saturated carbocycles. The number of anilines is 1. The van der Waals surface area contributed by atoms with Crippen molar-refractivity contribution in [3.63, 3.8) is 0 Å². The molecule has 3 heteroatoms. The summed E-state index contributed by atoms with van der Waals surface area (Å²) >= 11 is 2.35. The molecule has 0 spiro atoms. The summed E-state index contributed by atoms with van der Waals surface area (Å²) in [5, 5.41) is 0. The summed E-state index contributed by atoms with van der Waals surface area (Å²) in [7, 11) is 1.73. The van der Waals surface area contributed by atoms with E-state index in [1.807, 2.05) is 0 Å². The average Bonchev–Trinajstić information content (AvgIpc) is 2.48. The van der Waals surface area contributed by atoms with Gasteiger partial charge in [-0.15, -0.1) is 0 Å². The zero-order valence-corrected chi connectivity index (χ0v) is 13.9. The molecule has 1 unspecified atom stereocenters. The van der Waals surface area contributed by atoms with Crippen LogP contribution in [0.2, 0.25) is 0 Å². The molecule has 2 aromatic carbocycles. The molecule has 0 bridgehead atoms. The lowest BCUT2D eigenvalue weighted by Crippen LogP contribution is -2.33. The number of halogens is 1. The monoisotopic (exact) mass is 379 g/mol. The van der Waals surface area contributed by atoms with Crippen LogP contribution in [0.5, 0.6) is 5.75 Å². The van der Waals surface area contributed by atoms with E-state index in [0.717, 1.165) is 18.7 Å². The van der Waals surface area contributed by atoms with Gasteiger partial charge < -0.3 is 9.64 Å². The second-order valence-electron chi connectivity index (χ2n) is 5.16. The molecule has 104 valence electrons. The van der Waals surface area contributed by atoms with Crippen LogP contribution in [0.3, 0.4) is 0 Å². The fourth-order valence-electron chi connectivity index (χ4n) is 2.92. The number of nitrogens with zero attached hydrogens (tertiary/aromatic N) is 1. The van der Waals surface area contributed by atoms with Crippen molar-refractivity contribution in [3.05, 3.63) is 57.2 Å². The van der Waals surface area contributed by atoms with Crippen LogP contribution >= 0.6 is 22.6 Å². The SMILES string of the molecule is COc1ccc2c(c1)CCN(c1ccc(I)cc1)C2C. The van der Waals surface area contributed by atoms with E-state index in [-0.39, 0.29) is 0 Å². The largest absolute Gasteiger partial charge is 0.497 e. The number of benzene rings is 2. The maximum Gasteiger partial charge on any atom is 0.119 e. The van der Waals surface area contributed by atoms with Crippen LogP contribution in [0.1, 0.15) is 24.1 Å². The van der Waals surface area contributed by atoms with Crippen molar-refractivity contribution in [1.82, 2.24) is 0 Å². The predicted octanol–water partition coefficient (Wildman–Crippen LogP) is 4.42. The van der Waals surface area contributed by atoms with Gasteiger partial charge >= 0.3 is 0 Å². The third-order valence-electron chi connectivity index (χ3n) is 4.05. The first kappa shape index (κ1) is 13.7. The minimum absolute atomic E-state index is 0.407. The van der Waals surface area contributed by atoms with Crippen LogP contribution in [-0.2, 0) is 6.42 Å². The summed E-state index contributed by atoms with van der Waals surface area (Å²) in [6, 6.07) is 15.6. The van der Waals surface area contributed by atoms with Gasteiger partial charge in [0.15, 0.2) is 0 Å². The summed E-state index contributed by atoms with van der Waals surface area (Å²) in [6.07, 6.45) is 1.07. The molecule has 2 aromatic rings. The highest BCUT2D eigenvalue weighted by atomic mass is 127. The smallest absolute Gasteiger partial charge is 0.119 e. The molecule has 0 fully saturated rings. The molecule has 0 amide bonds. The maximum atomic E-state index is 5.33. The Balaban J connectivity index is 1.92. The molecule has 20 heavy (non-hydrogen) atoms. The summed E-state index contributed by atoms with van der Waals surface area (Å²) < 4.78 is 6.60. The standard InChI is InChI=1S/C17H18INO/c1-12-17-8-7-16(20-2)11-13(17)9-10-19(12)15-5-3-14(18)4-6-15/h3-8,11-12H,9-10H2,1-2H3. The van der Waals surface area contributed by atoms with Crippen LogP contribution in [0, 0.1) is 3.57 Å². The van der Waals surface area contributed by atoms with Crippen LogP contribution in [0.4, 0.5) is 5.69 Å². The Bertz CT molecular complexity index is 609. The van der Waals surface area contributed by atoms with Gasteiger partial charge in [0.1, 0.15) is 5.75 Å². The Kier molecular flexibility index (Phi) is 3.87. The zero-order chi connectivity index (χ0) is 14.1. The molecule has 0 aliphatic carbocycles. The Morgan fingerprint density at radius 3 is 2.60 bits per heavy atom. The molecule has 0 radical (unpaired) electrons. The Morgan fingerprint density at radius 2 is 1.90 bits per heavy atom. The van der Waals surface area contributed by atoms with Crippen molar-refractivity contribution in [2.75, 3.05) is 18.6 Å². The van der Waals surface area contributed by atoms with Gasteiger partial charge in [0.2, 0.25) is 0 Å². The second-order valence-corrected chi connectivity index (χ2v) is 6.41. The van der Waals surface area contributed by atoms with E-state index < -0.39 is 0 Å². The molecule has 0 N–H and O–H groups in total. The molecule has 2 nitrogen and oxygen atoms in total. The first-order valence-electron chi connectivity index (χ1n) is 6.88. The fourth-order valence-corrected chi connectivity index (χ4v) is 3.28. The van der Waals surface area contributed by atoms with Crippen molar-refractivity contribution in [2.24, 2.45) is 0 Å². The van der Waals surface area contributed by atoms with E-state index in [2.05, 4.69) is 76.9 Å². The summed E-state index contributed by atoms with van der Waals surface area (Å²) in [5.74, 6) is 0.957. The molecule has 0 saturated heterocycles. The van der Waals surface area contributed by atoms with Crippen LogP contribution in [0.15, 0.2) is 42.5 Å². The van der Waals surface area contributed by atoms with Gasteiger partial charge in [-0.25, -0.2) is 0 Å². The minimum Gasteiger partial charge on any atom is -0.497 e. The lowest BCUT2D eigenvalue weighted by atomic mass is 9.93. The van der Waals surface area contributed by atoms with Gasteiger partial charge in [-0.2, -0.15) is 0 Å². The number of rotatable bonds is 2. The maximum absolute atomic E-state index is 5.33. The van der Waals surface area contributed by atoms with Crippen molar-refractivity contribution in [1.29, 1.82) is 0 Å². The van der Waals surface area contributed by atoms with Crippen LogP contribution in [-0.4, -0.2) is 13.7 Å². The van der Waals surface area contributed by atoms with Crippen molar-refractivity contribution in [3.8, 4) is 5.75 Å². The second kappa shape index (κ2) is 5.64. The Morgan fingerprint density at radius 1 is 1.15 bits per heavy atom. The number of methoxy groups -OCH3 is 1. The van der Waals surface area contributed by atoms with E-state index >= 15 is 0 Å². The topological polar surface area (TPSA) is 12.5 Å². The predicted molar refractivity (Wildman–Crippen MR) is 91.6 cm³/mol. The molecule has 1 atom stereocenters. The van der Waals surface area contributed by atoms with E-state index in [1.54, 1.807) is 7.11 Å². The number of ether oxygens (including phenoxy) is 1. The molecule has 0 aromatic heterocycles. The van der Waals surface area contributed by atoms with Gasteiger partial charge in [-0.3, -0.25) is 0 Å². The number of hydrogen-bond donors (Lipinski definition) is 0. The first-order valence-corrected chi connectivity index (χ1v) is 7.96. The molecule has 1 heterocycles. The van der Waals surface area contributed by atoms with Crippen LogP contribution in [0.25, 0.3) is 0 Å². The summed E-state index contributed by atoms with van der Waals surface area (Å²) in [5.41, 5.74) is 4.13. The normalized spacial score (nSPS) is 17.8. The van der Waals surface area contributed by atoms with Gasteiger partial charge in [-0.1, -0.05) is 6.07 Å². The Hall–Kier alpha value is -1.23. The first-order chi connectivity index (χ1) is 9.69. The van der Waals surface area contributed by atoms with Gasteiger partial charge in [0, 0.05) is 15.8 Å². The van der Waals surface area contributed by atoms with Gasteiger partial charge in [-0.05, 0) is 83.5 Å². The van der Waals surface area contributed by atoms with Crippen LogP contribution < -0.4 is 9.64 Å². The molecule has 1 aliphatic heterocycles. The lowest BCUT2D eigenvalue weighted by molar-refractivity contribution is 0.413. The van der Waals surface area contributed by atoms with E-state index in [9.17, 15) is 0 Å². The van der Waals surface area contributed by atoms with Crippen molar-refractivity contribution in [2.45, 2.75) is 19.4 Å². The quantitative estimate of drug-likeness (QED) is 0.717. The highest BCUT2D eigenvalue weighted by molar-refractivity contribution is 14.1. The highest BCUT2D eigenvalue weighted by Gasteiger charge is 2.24. The van der Waals surface area contributed by atoms with Gasteiger partial charge in [0.05, 0.1) is 13.2 Å². The Labute approximate surface area is 133 Å². The average molecular weight is 379 g/mol. The van der Waals surface area contributed by atoms with Gasteiger partial charge in [0.25, 0.3) is 0 Å². The lowest BCUT2D eigenvalue weighted by Gasteiger charge is -2.37. The highest BCUT2D eigenvalue weighted by Crippen LogP contribution is 2.35. The molecule has 1 aliphatic rings. The van der Waals surface area contributed by atoms with Crippen molar-refractivity contribution < 1.29 is 4.74 Å². The van der Waals surface area contributed by atoms with E-state index in [1.165, 1.54) is 20.4 Å². The molecule has 3 rings (SSSR count). The third kappa shape index (κ3) is 2.51. The molecular weight excluding hydrogens is 361 g/mol. The summed E-state index contributed by atoms with van der Waals surface area (Å²) in [4.78, 5) is 2.48. The fraction of sp³-hybridized carbons (Fsp3) is 0.294. The number of fused-ring (bicyclic) bond motifs is 1. The third-order valence-corrected chi connectivity index (χ3v) is 4.77. The van der Waals surface area contributed by atoms with Crippen molar-refractivity contribution >= 4 is 28.3 Å². The number of hydrogen-bond acceptors (Lipinski definition) is 2. The summed E-state index contributed by atoms with van der Waals surface area (Å²) in [6.45, 7) is 3.34. The van der Waals surface area contributed by atoms with E-state index in [0.29, 0.717) is 6.04 Å². The zero-order valence-electron chi connectivity index (χ0n) is 11.8. The van der Waals surface area contributed by atoms with E-state index in [4.69, 9.17) is 4.74 Å². The minimum atomic E-state index is 0.407. The molecular formula is C17H18INO.